The van der Waals surface area contributed by atoms with Gasteiger partial charge < -0.3 is 14.4 Å². The second-order valence-corrected chi connectivity index (χ2v) is 6.43. The molecule has 1 aromatic rings. The third kappa shape index (κ3) is 2.74. The van der Waals surface area contributed by atoms with Crippen LogP contribution in [-0.4, -0.2) is 54.6 Å². The molecule has 3 heterocycles. The van der Waals surface area contributed by atoms with Gasteiger partial charge in [0.1, 0.15) is 11.4 Å². The van der Waals surface area contributed by atoms with E-state index in [1.165, 1.54) is 7.11 Å². The Hall–Kier alpha value is -1.84. The predicted octanol–water partition coefficient (Wildman–Crippen LogP) is 0.159. The van der Waals surface area contributed by atoms with E-state index in [1.807, 2.05) is 0 Å². The largest absolute Gasteiger partial charge is 0.465 e. The first-order valence-corrected chi connectivity index (χ1v) is 8.51. The maximum atomic E-state index is 12.1. The van der Waals surface area contributed by atoms with Gasteiger partial charge in [-0.15, -0.1) is 5.54 Å². The lowest BCUT2D eigenvalue weighted by atomic mass is 9.73. The van der Waals surface area contributed by atoms with Gasteiger partial charge in [0.25, 0.3) is 0 Å². The van der Waals surface area contributed by atoms with Crippen molar-refractivity contribution in [2.75, 3.05) is 38.3 Å². The van der Waals surface area contributed by atoms with Gasteiger partial charge in [-0.05, 0) is 18.9 Å². The number of nitrogens with zero attached hydrogens (tertiary/aromatic N) is 2. The van der Waals surface area contributed by atoms with E-state index < -0.39 is 0 Å². The molecule has 0 aromatic carbocycles. The second-order valence-electron chi connectivity index (χ2n) is 5.93. The number of aromatic nitrogens is 1. The SMILES string of the molecule is COC(=O)c1cc(C#C[SiH3])cnc1N1CC2(CCOCC2)C1. The number of rotatable bonds is 2. The molecule has 0 radical (unpaired) electrons. The molecule has 0 N–H and O–H groups in total. The molecule has 1 aromatic heterocycles. The number of esters is 1. The molecule has 0 atom stereocenters. The molecule has 0 unspecified atom stereocenters. The Morgan fingerprint density at radius 1 is 1.45 bits per heavy atom. The van der Waals surface area contributed by atoms with Crippen LogP contribution in [-0.2, 0) is 9.47 Å². The van der Waals surface area contributed by atoms with Crippen LogP contribution in [0, 0.1) is 16.9 Å². The van der Waals surface area contributed by atoms with Gasteiger partial charge in [0.15, 0.2) is 0 Å². The van der Waals surface area contributed by atoms with E-state index in [0.29, 0.717) is 16.8 Å². The van der Waals surface area contributed by atoms with Crippen LogP contribution in [0.3, 0.4) is 0 Å². The summed E-state index contributed by atoms with van der Waals surface area (Å²) in [4.78, 5) is 18.7. The number of hydrogen-bond donors (Lipinski definition) is 0. The van der Waals surface area contributed by atoms with E-state index in [9.17, 15) is 4.79 Å². The molecule has 3 rings (SSSR count). The molecular formula is C16H20N2O3Si. The van der Waals surface area contributed by atoms with Crippen LogP contribution in [0.2, 0.25) is 0 Å². The number of methoxy groups -OCH3 is 1. The Morgan fingerprint density at radius 2 is 2.18 bits per heavy atom. The minimum atomic E-state index is -0.354. The summed E-state index contributed by atoms with van der Waals surface area (Å²) in [5.74, 6) is 3.35. The van der Waals surface area contributed by atoms with Crippen molar-refractivity contribution in [1.82, 2.24) is 4.98 Å². The lowest BCUT2D eigenvalue weighted by molar-refractivity contribution is -0.000587. The summed E-state index contributed by atoms with van der Waals surface area (Å²) in [5, 5.41) is 0. The Bertz CT molecular complexity index is 637. The van der Waals surface area contributed by atoms with E-state index in [1.54, 1.807) is 12.3 Å². The van der Waals surface area contributed by atoms with Crippen LogP contribution in [0.5, 0.6) is 0 Å². The van der Waals surface area contributed by atoms with Crippen LogP contribution in [0.25, 0.3) is 0 Å². The Morgan fingerprint density at radius 3 is 2.82 bits per heavy atom. The minimum absolute atomic E-state index is 0.334. The molecule has 2 aliphatic heterocycles. The summed E-state index contributed by atoms with van der Waals surface area (Å²) in [6, 6.07) is 1.79. The zero-order valence-electron chi connectivity index (χ0n) is 13.0. The molecule has 22 heavy (non-hydrogen) atoms. The summed E-state index contributed by atoms with van der Waals surface area (Å²) in [7, 11) is 2.19. The topological polar surface area (TPSA) is 51.7 Å². The van der Waals surface area contributed by atoms with Gasteiger partial charge in [0.2, 0.25) is 0 Å². The van der Waals surface area contributed by atoms with Crippen molar-refractivity contribution < 1.29 is 14.3 Å². The molecule has 6 heteroatoms. The first-order valence-electron chi connectivity index (χ1n) is 7.51. The zero-order chi connectivity index (χ0) is 15.6. The third-order valence-corrected chi connectivity index (χ3v) is 4.70. The van der Waals surface area contributed by atoms with Crippen LogP contribution in [0.15, 0.2) is 12.3 Å². The smallest absolute Gasteiger partial charge is 0.341 e. The maximum absolute atomic E-state index is 12.1. The van der Waals surface area contributed by atoms with Gasteiger partial charge in [0.05, 0.1) is 17.4 Å². The number of anilines is 1. The van der Waals surface area contributed by atoms with Crippen molar-refractivity contribution in [3.05, 3.63) is 23.4 Å². The van der Waals surface area contributed by atoms with Crippen LogP contribution in [0.1, 0.15) is 28.8 Å². The Labute approximate surface area is 133 Å². The van der Waals surface area contributed by atoms with Gasteiger partial charge in [-0.3, -0.25) is 0 Å². The van der Waals surface area contributed by atoms with Crippen molar-refractivity contribution in [2.24, 2.45) is 5.41 Å². The van der Waals surface area contributed by atoms with E-state index in [-0.39, 0.29) is 5.97 Å². The van der Waals surface area contributed by atoms with Gasteiger partial charge in [-0.25, -0.2) is 9.78 Å². The molecule has 0 saturated carbocycles. The van der Waals surface area contributed by atoms with Crippen molar-refractivity contribution >= 4 is 22.0 Å². The van der Waals surface area contributed by atoms with Gasteiger partial charge in [-0.1, -0.05) is 5.92 Å². The first kappa shape index (κ1) is 15.1. The standard InChI is InChI=1S/C16H20N2O3Si/c1-20-15(19)13-8-12(2-7-22)9-17-14(13)18-10-16(11-18)3-5-21-6-4-16/h8-9H,3-6,10-11H2,1,22H3. The molecule has 1 spiro atoms. The highest BCUT2D eigenvalue weighted by Gasteiger charge is 2.45. The van der Waals surface area contributed by atoms with Crippen molar-refractivity contribution in [3.8, 4) is 11.5 Å². The molecule has 116 valence electrons. The molecule has 0 bridgehead atoms. The normalized spacial score (nSPS) is 19.2. The predicted molar refractivity (Wildman–Crippen MR) is 87.1 cm³/mol. The fourth-order valence-corrected chi connectivity index (χ4v) is 3.50. The molecule has 5 nitrogen and oxygen atoms in total. The lowest BCUT2D eigenvalue weighted by Gasteiger charge is -2.53. The van der Waals surface area contributed by atoms with E-state index in [4.69, 9.17) is 9.47 Å². The van der Waals surface area contributed by atoms with Crippen molar-refractivity contribution in [1.29, 1.82) is 0 Å². The highest BCUT2D eigenvalue weighted by atomic mass is 28.1. The first-order chi connectivity index (χ1) is 10.7. The second kappa shape index (κ2) is 6.11. The number of pyridine rings is 1. The summed E-state index contributed by atoms with van der Waals surface area (Å²) < 4.78 is 10.3. The van der Waals surface area contributed by atoms with Crippen molar-refractivity contribution in [2.45, 2.75) is 12.8 Å². The monoisotopic (exact) mass is 316 g/mol. The average molecular weight is 316 g/mol. The van der Waals surface area contributed by atoms with Gasteiger partial charge in [0, 0.05) is 43.5 Å². The molecule has 0 aliphatic carbocycles. The van der Waals surface area contributed by atoms with Crippen LogP contribution < -0.4 is 4.90 Å². The highest BCUT2D eigenvalue weighted by Crippen LogP contribution is 2.42. The number of carbonyl (C=O) groups is 1. The fourth-order valence-electron chi connectivity index (χ4n) is 3.22. The minimum Gasteiger partial charge on any atom is -0.465 e. The lowest BCUT2D eigenvalue weighted by Crippen LogP contribution is -2.59. The fraction of sp³-hybridized carbons (Fsp3) is 0.500. The third-order valence-electron chi connectivity index (χ3n) is 4.45. The highest BCUT2D eigenvalue weighted by molar-refractivity contribution is 6.22. The van der Waals surface area contributed by atoms with Gasteiger partial charge >= 0.3 is 5.97 Å². The molecule has 2 aliphatic rings. The molecular weight excluding hydrogens is 296 g/mol. The van der Waals surface area contributed by atoms with Gasteiger partial charge in [-0.2, -0.15) is 0 Å². The Balaban J connectivity index is 1.84. The molecule has 2 fully saturated rings. The van der Waals surface area contributed by atoms with Crippen LogP contribution in [0.4, 0.5) is 5.82 Å². The molecule has 2 saturated heterocycles. The quantitative estimate of drug-likeness (QED) is 0.442. The summed E-state index contributed by atoms with van der Waals surface area (Å²) in [5.41, 5.74) is 4.56. The number of ether oxygens (including phenoxy) is 2. The van der Waals surface area contributed by atoms with Crippen molar-refractivity contribution in [3.63, 3.8) is 0 Å². The van der Waals surface area contributed by atoms with Crippen LogP contribution >= 0.6 is 0 Å². The van der Waals surface area contributed by atoms with E-state index in [2.05, 4.69) is 21.3 Å². The molecule has 0 amide bonds. The zero-order valence-corrected chi connectivity index (χ0v) is 15.0. The van der Waals surface area contributed by atoms with E-state index >= 15 is 0 Å². The summed E-state index contributed by atoms with van der Waals surface area (Å²) >= 11 is 0. The average Bonchev–Trinajstić information content (AvgIpc) is 2.53. The number of carbonyl (C=O) groups excluding carboxylic acids is 1. The maximum Gasteiger partial charge on any atom is 0.341 e. The number of hydrogen-bond acceptors (Lipinski definition) is 5. The Kier molecular flexibility index (Phi) is 4.18. The summed E-state index contributed by atoms with van der Waals surface area (Å²) in [6.45, 7) is 3.53. The van der Waals surface area contributed by atoms with E-state index in [0.717, 1.165) is 55.0 Å². The summed E-state index contributed by atoms with van der Waals surface area (Å²) in [6.07, 6.45) is 3.91.